The van der Waals surface area contributed by atoms with E-state index in [0.717, 1.165) is 23.0 Å². The van der Waals surface area contributed by atoms with Crippen molar-refractivity contribution in [3.05, 3.63) is 71.1 Å². The average molecular weight is 481 g/mol. The number of hydrogen-bond acceptors (Lipinski definition) is 6. The molecule has 3 aromatic heterocycles. The summed E-state index contributed by atoms with van der Waals surface area (Å²) in [6.45, 7) is 2.17. The van der Waals surface area contributed by atoms with Crippen LogP contribution in [0.25, 0.3) is 38.8 Å². The van der Waals surface area contributed by atoms with E-state index in [-0.39, 0.29) is 11.1 Å². The van der Waals surface area contributed by atoms with E-state index in [9.17, 15) is 18.0 Å². The van der Waals surface area contributed by atoms with E-state index < -0.39 is 17.7 Å². The molecule has 0 saturated heterocycles. The van der Waals surface area contributed by atoms with Gasteiger partial charge >= 0.3 is 6.36 Å². The third kappa shape index (κ3) is 4.39. The number of ether oxygens (including phenoxy) is 2. The Morgan fingerprint density at radius 2 is 1.71 bits per heavy atom. The number of rotatable bonds is 5. The minimum atomic E-state index is -4.82. The van der Waals surface area contributed by atoms with E-state index in [1.165, 1.54) is 16.8 Å². The normalized spacial score (nSPS) is 11.8. The Morgan fingerprint density at radius 1 is 0.971 bits per heavy atom. The minimum absolute atomic E-state index is 0.168. The summed E-state index contributed by atoms with van der Waals surface area (Å²) in [6.07, 6.45) is -3.00. The molecule has 0 bridgehead atoms. The number of aryl methyl sites for hydroxylation is 1. The van der Waals surface area contributed by atoms with Crippen LogP contribution in [0, 0.1) is 0 Å². The van der Waals surface area contributed by atoms with Gasteiger partial charge in [0.05, 0.1) is 23.4 Å². The Labute approximate surface area is 196 Å². The Bertz CT molecular complexity index is 1610. The molecule has 0 fully saturated rings. The average Bonchev–Trinajstić information content (AvgIpc) is 3.18. The van der Waals surface area contributed by atoms with E-state index in [2.05, 4.69) is 19.9 Å². The first-order valence-corrected chi connectivity index (χ1v) is 10.6. The summed E-state index contributed by atoms with van der Waals surface area (Å²) in [5.74, 6) is -0.0982. The number of halogens is 3. The predicted octanol–water partition coefficient (Wildman–Crippen LogP) is 4.63. The van der Waals surface area contributed by atoms with Gasteiger partial charge in [-0.3, -0.25) is 9.48 Å². The second-order valence-corrected chi connectivity index (χ2v) is 7.66. The molecule has 0 unspecified atom stereocenters. The van der Waals surface area contributed by atoms with Gasteiger partial charge in [-0.25, -0.2) is 4.98 Å². The molecule has 0 radical (unpaired) electrons. The largest absolute Gasteiger partial charge is 0.573 e. The van der Waals surface area contributed by atoms with Crippen LogP contribution in [0.3, 0.4) is 0 Å². The lowest BCUT2D eigenvalue weighted by Crippen LogP contribution is -2.23. The SMILES string of the molecule is CCOc1ccc2nn(-c3ccc4nn(C)cc4c3)c(=O)c(-c3ccc(OC(F)(F)F)cc3)c2n1. The fourth-order valence-corrected chi connectivity index (χ4v) is 3.81. The Kier molecular flexibility index (Phi) is 5.39. The van der Waals surface area contributed by atoms with Gasteiger partial charge < -0.3 is 9.47 Å². The monoisotopic (exact) mass is 481 g/mol. The van der Waals surface area contributed by atoms with Gasteiger partial charge in [0.1, 0.15) is 16.8 Å². The Hall–Kier alpha value is -4.41. The summed E-state index contributed by atoms with van der Waals surface area (Å²) in [5.41, 5.74) is 1.97. The third-order valence-electron chi connectivity index (χ3n) is 5.22. The van der Waals surface area contributed by atoms with Gasteiger partial charge in [0.25, 0.3) is 5.56 Å². The summed E-state index contributed by atoms with van der Waals surface area (Å²) in [4.78, 5) is 18.1. The van der Waals surface area contributed by atoms with Crippen LogP contribution in [0.15, 0.2) is 65.6 Å². The summed E-state index contributed by atoms with van der Waals surface area (Å²) in [6, 6.07) is 13.7. The first kappa shape index (κ1) is 22.4. The molecule has 5 rings (SSSR count). The van der Waals surface area contributed by atoms with Crippen LogP contribution in [0.4, 0.5) is 13.2 Å². The zero-order chi connectivity index (χ0) is 24.7. The zero-order valence-electron chi connectivity index (χ0n) is 18.6. The van der Waals surface area contributed by atoms with Crippen LogP contribution in [0.1, 0.15) is 6.92 Å². The second-order valence-electron chi connectivity index (χ2n) is 7.66. The lowest BCUT2D eigenvalue weighted by atomic mass is 10.1. The van der Waals surface area contributed by atoms with Crippen LogP contribution in [0.2, 0.25) is 0 Å². The number of pyridine rings is 1. The van der Waals surface area contributed by atoms with Crippen molar-refractivity contribution in [2.45, 2.75) is 13.3 Å². The van der Waals surface area contributed by atoms with Crippen molar-refractivity contribution in [2.75, 3.05) is 6.61 Å². The van der Waals surface area contributed by atoms with Crippen molar-refractivity contribution >= 4 is 21.9 Å². The van der Waals surface area contributed by atoms with Gasteiger partial charge in [-0.1, -0.05) is 12.1 Å². The molecule has 5 aromatic rings. The predicted molar refractivity (Wildman–Crippen MR) is 123 cm³/mol. The number of hydrogen-bond donors (Lipinski definition) is 0. The van der Waals surface area contributed by atoms with Crippen molar-refractivity contribution in [2.24, 2.45) is 7.05 Å². The molecule has 0 spiro atoms. The number of aromatic nitrogens is 5. The Balaban J connectivity index is 1.72. The summed E-state index contributed by atoms with van der Waals surface area (Å²) in [5, 5.41) is 9.66. The van der Waals surface area contributed by atoms with E-state index in [0.29, 0.717) is 29.3 Å². The number of benzene rings is 2. The molecule has 0 aliphatic carbocycles. The lowest BCUT2D eigenvalue weighted by molar-refractivity contribution is -0.274. The molecule has 178 valence electrons. The lowest BCUT2D eigenvalue weighted by Gasteiger charge is -2.13. The van der Waals surface area contributed by atoms with Crippen molar-refractivity contribution in [3.8, 4) is 28.4 Å². The smallest absolute Gasteiger partial charge is 0.478 e. The maximum Gasteiger partial charge on any atom is 0.573 e. The molecule has 0 atom stereocenters. The van der Waals surface area contributed by atoms with Gasteiger partial charge in [0.15, 0.2) is 0 Å². The number of alkyl halides is 3. The van der Waals surface area contributed by atoms with E-state index >= 15 is 0 Å². The summed E-state index contributed by atoms with van der Waals surface area (Å²) in [7, 11) is 1.80. The van der Waals surface area contributed by atoms with Gasteiger partial charge in [-0.2, -0.15) is 14.9 Å². The van der Waals surface area contributed by atoms with Crippen molar-refractivity contribution < 1.29 is 22.6 Å². The minimum Gasteiger partial charge on any atom is -0.478 e. The highest BCUT2D eigenvalue weighted by molar-refractivity contribution is 5.91. The molecule has 0 saturated carbocycles. The number of fused-ring (bicyclic) bond motifs is 2. The maximum atomic E-state index is 13.7. The molecular weight excluding hydrogens is 463 g/mol. The van der Waals surface area contributed by atoms with Crippen molar-refractivity contribution in [3.63, 3.8) is 0 Å². The molecule has 0 N–H and O–H groups in total. The maximum absolute atomic E-state index is 13.7. The molecule has 0 amide bonds. The van der Waals surface area contributed by atoms with Crippen LogP contribution in [0.5, 0.6) is 11.6 Å². The van der Waals surface area contributed by atoms with Crippen LogP contribution in [-0.2, 0) is 7.05 Å². The van der Waals surface area contributed by atoms with E-state index in [4.69, 9.17) is 4.74 Å². The first-order valence-electron chi connectivity index (χ1n) is 10.6. The highest BCUT2D eigenvalue weighted by Gasteiger charge is 2.31. The van der Waals surface area contributed by atoms with Crippen LogP contribution in [-0.4, -0.2) is 37.5 Å². The highest BCUT2D eigenvalue weighted by atomic mass is 19.4. The van der Waals surface area contributed by atoms with E-state index in [1.807, 2.05) is 6.20 Å². The standard InChI is InChI=1S/C24H18F3N5O3/c1-3-34-20-11-10-19-22(28-20)21(14-4-7-17(8-5-14)35-24(25,26)27)23(33)32(30-19)16-6-9-18-15(12-16)13-31(2)29-18/h4-13H,3H2,1-2H3. The Morgan fingerprint density at radius 3 is 2.43 bits per heavy atom. The van der Waals surface area contributed by atoms with Gasteiger partial charge in [-0.05, 0) is 48.9 Å². The third-order valence-corrected chi connectivity index (χ3v) is 5.22. The first-order chi connectivity index (χ1) is 16.7. The topological polar surface area (TPSA) is 84.1 Å². The fraction of sp³-hybridized carbons (Fsp3) is 0.167. The molecule has 3 heterocycles. The molecule has 11 heteroatoms. The van der Waals surface area contributed by atoms with Crippen molar-refractivity contribution in [1.29, 1.82) is 0 Å². The second kappa shape index (κ2) is 8.42. The van der Waals surface area contributed by atoms with Crippen LogP contribution < -0.4 is 15.0 Å². The molecule has 2 aromatic carbocycles. The number of nitrogens with zero attached hydrogens (tertiary/aromatic N) is 5. The fourth-order valence-electron chi connectivity index (χ4n) is 3.81. The summed E-state index contributed by atoms with van der Waals surface area (Å²) >= 11 is 0. The van der Waals surface area contributed by atoms with Gasteiger partial charge in [-0.15, -0.1) is 13.2 Å². The van der Waals surface area contributed by atoms with Crippen LogP contribution >= 0.6 is 0 Å². The van der Waals surface area contributed by atoms with Gasteiger partial charge in [0.2, 0.25) is 5.88 Å². The zero-order valence-corrected chi connectivity index (χ0v) is 18.6. The van der Waals surface area contributed by atoms with E-state index in [1.54, 1.807) is 49.0 Å². The summed E-state index contributed by atoms with van der Waals surface area (Å²) < 4.78 is 50.1. The molecule has 8 nitrogen and oxygen atoms in total. The molecule has 35 heavy (non-hydrogen) atoms. The molecule has 0 aliphatic heterocycles. The quantitative estimate of drug-likeness (QED) is 0.364. The molecular formula is C24H18F3N5O3. The highest BCUT2D eigenvalue weighted by Crippen LogP contribution is 2.29. The molecule has 0 aliphatic rings. The van der Waals surface area contributed by atoms with Gasteiger partial charge in [0, 0.05) is 24.7 Å². The van der Waals surface area contributed by atoms with Crippen molar-refractivity contribution in [1.82, 2.24) is 24.5 Å².